The molecule has 0 spiro atoms. The number of H-pyrrole nitrogens is 1. The van der Waals surface area contributed by atoms with Gasteiger partial charge < -0.3 is 9.55 Å². The molecule has 2 saturated carbocycles. The lowest BCUT2D eigenvalue weighted by molar-refractivity contribution is 0.0995. The summed E-state index contributed by atoms with van der Waals surface area (Å²) in [4.78, 5) is 16.5. The van der Waals surface area contributed by atoms with Crippen LogP contribution in [0.5, 0.6) is 0 Å². The summed E-state index contributed by atoms with van der Waals surface area (Å²) in [5.74, 6) is 1.88. The molecule has 2 aliphatic carbocycles. The number of ketones is 1. The summed E-state index contributed by atoms with van der Waals surface area (Å²) in [6.45, 7) is 3.96. The van der Waals surface area contributed by atoms with Crippen molar-refractivity contribution in [2.45, 2.75) is 61.9 Å². The van der Waals surface area contributed by atoms with Crippen LogP contribution < -0.4 is 0 Å². The van der Waals surface area contributed by atoms with Gasteiger partial charge in [0, 0.05) is 34.1 Å². The number of thioether (sulfide) groups is 1. The third-order valence-electron chi connectivity index (χ3n) is 5.34. The topological polar surface area (TPSA) is 63.6 Å². The smallest absolute Gasteiger partial charge is 0.192 e. The summed E-state index contributed by atoms with van der Waals surface area (Å²) in [6, 6.07) is 8.54. The van der Waals surface area contributed by atoms with Crippen LogP contribution >= 0.6 is 11.8 Å². The Hall–Kier alpha value is -2.08. The van der Waals surface area contributed by atoms with E-state index in [0.29, 0.717) is 12.0 Å². The van der Waals surface area contributed by atoms with E-state index < -0.39 is 0 Å². The average molecular weight is 366 g/mol. The Labute approximate surface area is 156 Å². The minimum atomic E-state index is -0.193. The fourth-order valence-corrected chi connectivity index (χ4v) is 4.66. The Kier molecular flexibility index (Phi) is 3.71. The van der Waals surface area contributed by atoms with Crippen LogP contribution in [-0.4, -0.2) is 30.8 Å². The molecule has 0 unspecified atom stereocenters. The number of fused-ring (bicyclic) bond motifs is 1. The molecule has 2 aromatic heterocycles. The number of carbonyl (C=O) groups excluding carboxylic acids is 1. The number of nitrogens with one attached hydrogen (secondary N) is 1. The van der Waals surface area contributed by atoms with Crippen molar-refractivity contribution in [2.24, 2.45) is 0 Å². The van der Waals surface area contributed by atoms with Crippen LogP contribution in [0, 0.1) is 6.92 Å². The number of carbonyl (C=O) groups is 1. The lowest BCUT2D eigenvalue weighted by atomic mass is 10.1. The summed E-state index contributed by atoms with van der Waals surface area (Å²) in [5, 5.41) is 10.6. The Bertz CT molecular complexity index is 997. The first-order valence-electron chi connectivity index (χ1n) is 9.36. The number of aromatic nitrogens is 4. The van der Waals surface area contributed by atoms with E-state index in [1.54, 1.807) is 11.8 Å². The van der Waals surface area contributed by atoms with Crippen molar-refractivity contribution in [1.29, 1.82) is 0 Å². The molecule has 0 saturated heterocycles. The molecule has 2 aliphatic rings. The zero-order valence-corrected chi connectivity index (χ0v) is 15.8. The predicted octanol–water partition coefficient (Wildman–Crippen LogP) is 4.64. The number of nitrogens with zero attached hydrogens (tertiary/aromatic N) is 3. The summed E-state index contributed by atoms with van der Waals surface area (Å²) in [6.07, 6.45) is 4.85. The van der Waals surface area contributed by atoms with Crippen LogP contribution in [-0.2, 0) is 0 Å². The lowest BCUT2D eigenvalue weighted by Gasteiger charge is -2.12. The first kappa shape index (κ1) is 16.1. The van der Waals surface area contributed by atoms with E-state index in [4.69, 9.17) is 0 Å². The number of rotatable bonds is 6. The van der Waals surface area contributed by atoms with Gasteiger partial charge in [0.15, 0.2) is 10.9 Å². The van der Waals surface area contributed by atoms with Crippen LogP contribution in [0.15, 0.2) is 29.4 Å². The first-order valence-corrected chi connectivity index (χ1v) is 10.2. The third-order valence-corrected chi connectivity index (χ3v) is 6.39. The maximum atomic E-state index is 13.2. The van der Waals surface area contributed by atoms with Crippen molar-refractivity contribution in [1.82, 2.24) is 19.7 Å². The Morgan fingerprint density at radius 2 is 2.00 bits per heavy atom. The van der Waals surface area contributed by atoms with Gasteiger partial charge in [0.25, 0.3) is 0 Å². The summed E-state index contributed by atoms with van der Waals surface area (Å²) in [5.41, 5.74) is 2.76. The van der Waals surface area contributed by atoms with Crippen LogP contribution in [0.25, 0.3) is 10.9 Å². The van der Waals surface area contributed by atoms with Crippen molar-refractivity contribution in [3.8, 4) is 0 Å². The maximum Gasteiger partial charge on any atom is 0.192 e. The normalized spacial score (nSPS) is 18.4. The highest BCUT2D eigenvalue weighted by molar-refractivity contribution is 8.00. The maximum absolute atomic E-state index is 13.2. The predicted molar refractivity (Wildman–Crippen MR) is 103 cm³/mol. The second kappa shape index (κ2) is 5.98. The number of para-hydroxylation sites is 1. The molecule has 5 nitrogen and oxygen atoms in total. The Balaban J connectivity index is 1.44. The summed E-state index contributed by atoms with van der Waals surface area (Å²) < 4.78 is 2.31. The van der Waals surface area contributed by atoms with Crippen molar-refractivity contribution >= 4 is 28.4 Å². The van der Waals surface area contributed by atoms with Crippen LogP contribution in [0.1, 0.15) is 66.4 Å². The molecule has 1 aromatic carbocycles. The van der Waals surface area contributed by atoms with Gasteiger partial charge in [-0.05, 0) is 45.6 Å². The second-order valence-corrected chi connectivity index (χ2v) is 8.82. The molecule has 5 rings (SSSR count). The minimum Gasteiger partial charge on any atom is -0.358 e. The number of hydrogen-bond acceptors (Lipinski definition) is 4. The van der Waals surface area contributed by atoms with Gasteiger partial charge >= 0.3 is 0 Å². The molecule has 134 valence electrons. The molecule has 1 N–H and O–H groups in total. The van der Waals surface area contributed by atoms with Gasteiger partial charge in [-0.3, -0.25) is 4.79 Å². The van der Waals surface area contributed by atoms with Crippen LogP contribution in [0.2, 0.25) is 0 Å². The fourth-order valence-electron chi connectivity index (χ4n) is 3.67. The molecule has 0 amide bonds. The molecule has 2 fully saturated rings. The van der Waals surface area contributed by atoms with Crippen LogP contribution in [0.3, 0.4) is 0 Å². The van der Waals surface area contributed by atoms with Crippen molar-refractivity contribution < 1.29 is 4.79 Å². The molecule has 0 bridgehead atoms. The van der Waals surface area contributed by atoms with Crippen molar-refractivity contribution in [3.63, 3.8) is 0 Å². The summed E-state index contributed by atoms with van der Waals surface area (Å²) >= 11 is 1.55. The highest BCUT2D eigenvalue weighted by Gasteiger charge is 2.37. The fraction of sp³-hybridized carbons (Fsp3) is 0.450. The van der Waals surface area contributed by atoms with E-state index in [1.807, 2.05) is 38.1 Å². The molecular weight excluding hydrogens is 344 g/mol. The zero-order valence-electron chi connectivity index (χ0n) is 15.0. The molecule has 3 aromatic rings. The quantitative estimate of drug-likeness (QED) is 0.510. The monoisotopic (exact) mass is 366 g/mol. The zero-order chi connectivity index (χ0) is 17.8. The van der Waals surface area contributed by atoms with E-state index in [2.05, 4.69) is 19.7 Å². The Morgan fingerprint density at radius 1 is 1.23 bits per heavy atom. The van der Waals surface area contributed by atoms with Gasteiger partial charge in [0.1, 0.15) is 5.82 Å². The van der Waals surface area contributed by atoms with E-state index in [-0.39, 0.29) is 11.0 Å². The van der Waals surface area contributed by atoms with E-state index in [1.165, 1.54) is 25.7 Å². The molecule has 2 heterocycles. The second-order valence-electron chi connectivity index (χ2n) is 7.51. The molecular formula is C20H22N4OS. The highest BCUT2D eigenvalue weighted by Crippen LogP contribution is 2.46. The van der Waals surface area contributed by atoms with E-state index in [0.717, 1.165) is 33.1 Å². The molecule has 26 heavy (non-hydrogen) atoms. The van der Waals surface area contributed by atoms with Crippen LogP contribution in [0.4, 0.5) is 0 Å². The standard InChI is InChI=1S/C20H22N4OS/c1-11-17(15-5-3-4-6-16(15)21-11)18(25)12(2)26-20-23-22-19(13-7-8-13)24(20)14-9-10-14/h3-6,12-14,21H,7-10H2,1-2H3/t12-/m1/s1. The largest absolute Gasteiger partial charge is 0.358 e. The number of hydrogen-bond donors (Lipinski definition) is 1. The van der Waals surface area contributed by atoms with Gasteiger partial charge in [0.05, 0.1) is 5.25 Å². The van der Waals surface area contributed by atoms with E-state index >= 15 is 0 Å². The Morgan fingerprint density at radius 3 is 2.73 bits per heavy atom. The SMILES string of the molecule is Cc1[nH]c2ccccc2c1C(=O)[C@@H](C)Sc1nnc(C2CC2)n1C1CC1. The van der Waals surface area contributed by atoms with Gasteiger partial charge in [-0.25, -0.2) is 0 Å². The van der Waals surface area contributed by atoms with Gasteiger partial charge in [0.2, 0.25) is 0 Å². The lowest BCUT2D eigenvalue weighted by Crippen LogP contribution is -2.15. The van der Waals surface area contributed by atoms with Crippen molar-refractivity contribution in [3.05, 3.63) is 41.3 Å². The molecule has 0 radical (unpaired) electrons. The highest BCUT2D eigenvalue weighted by atomic mass is 32.2. The average Bonchev–Trinajstić information content (AvgIpc) is 3.56. The van der Waals surface area contributed by atoms with Crippen molar-refractivity contribution in [2.75, 3.05) is 0 Å². The molecule has 6 heteroatoms. The first-order chi connectivity index (χ1) is 12.6. The van der Waals surface area contributed by atoms with Gasteiger partial charge in [-0.2, -0.15) is 0 Å². The van der Waals surface area contributed by atoms with Gasteiger partial charge in [-0.15, -0.1) is 10.2 Å². The minimum absolute atomic E-state index is 0.156. The number of aromatic amines is 1. The number of aryl methyl sites for hydroxylation is 1. The molecule has 1 atom stereocenters. The van der Waals surface area contributed by atoms with E-state index in [9.17, 15) is 4.79 Å². The molecule has 0 aliphatic heterocycles. The summed E-state index contributed by atoms with van der Waals surface area (Å²) in [7, 11) is 0. The number of benzene rings is 1. The third kappa shape index (κ3) is 2.67. The van der Waals surface area contributed by atoms with Gasteiger partial charge in [-0.1, -0.05) is 30.0 Å². The number of Topliss-reactive ketones (excluding diaryl/α,β-unsaturated/α-hetero) is 1.